The Kier molecular flexibility index (Phi) is 6.55. The first kappa shape index (κ1) is 20.6. The van der Waals surface area contributed by atoms with Gasteiger partial charge in [-0.1, -0.05) is 0 Å². The highest BCUT2D eigenvalue weighted by atomic mass is 32.1. The van der Waals surface area contributed by atoms with Gasteiger partial charge in [0.25, 0.3) is 0 Å². The molecule has 146 valence electrons. The fraction of sp³-hybridized carbons (Fsp3) is 0.684. The largest absolute Gasteiger partial charge is 0.465 e. The summed E-state index contributed by atoms with van der Waals surface area (Å²) in [6, 6.07) is 2.17. The van der Waals surface area contributed by atoms with Crippen molar-refractivity contribution in [1.82, 2.24) is 4.90 Å². The fourth-order valence-corrected chi connectivity index (χ4v) is 4.28. The third kappa shape index (κ3) is 5.37. The van der Waals surface area contributed by atoms with E-state index in [4.69, 9.17) is 9.47 Å². The van der Waals surface area contributed by atoms with E-state index in [1.165, 1.54) is 7.11 Å². The Labute approximate surface area is 159 Å². The molecule has 1 aliphatic rings. The number of likely N-dealkylation sites (tertiary alicyclic amines) is 1. The molecule has 0 atom stereocenters. The second-order valence-corrected chi connectivity index (χ2v) is 9.01. The number of anilines is 1. The second-order valence-electron chi connectivity index (χ2n) is 7.92. The van der Waals surface area contributed by atoms with Gasteiger partial charge < -0.3 is 19.7 Å². The first-order valence-electron chi connectivity index (χ1n) is 9.07. The minimum Gasteiger partial charge on any atom is -0.465 e. The molecule has 0 spiro atoms. The molecule has 2 heterocycles. The van der Waals surface area contributed by atoms with Gasteiger partial charge in [-0.05, 0) is 59.4 Å². The summed E-state index contributed by atoms with van der Waals surface area (Å²) in [7, 11) is 1.40. The van der Waals surface area contributed by atoms with Crippen LogP contribution >= 0.6 is 11.3 Å². The highest BCUT2D eigenvalue weighted by molar-refractivity contribution is 7.16. The van der Waals surface area contributed by atoms with Gasteiger partial charge in [0.1, 0.15) is 10.6 Å². The lowest BCUT2D eigenvalue weighted by atomic mass is 9.95. The predicted octanol–water partition coefficient (Wildman–Crippen LogP) is 4.47. The maximum absolute atomic E-state index is 12.2. The quantitative estimate of drug-likeness (QED) is 0.778. The highest BCUT2D eigenvalue weighted by Gasteiger charge is 2.29. The zero-order chi connectivity index (χ0) is 19.5. The number of amides is 1. The summed E-state index contributed by atoms with van der Waals surface area (Å²) in [6.45, 7) is 11.0. The summed E-state index contributed by atoms with van der Waals surface area (Å²) < 4.78 is 10.4. The van der Waals surface area contributed by atoms with E-state index >= 15 is 0 Å². The molecule has 0 aliphatic carbocycles. The van der Waals surface area contributed by atoms with Crippen LogP contribution < -0.4 is 5.32 Å². The lowest BCUT2D eigenvalue weighted by Gasteiger charge is -2.33. The van der Waals surface area contributed by atoms with E-state index in [1.807, 2.05) is 40.7 Å². The van der Waals surface area contributed by atoms with E-state index in [-0.39, 0.29) is 18.1 Å². The summed E-state index contributed by atoms with van der Waals surface area (Å²) in [5.41, 5.74) is 0.116. The van der Waals surface area contributed by atoms with E-state index in [0.29, 0.717) is 24.6 Å². The minimum absolute atomic E-state index is 0.235. The van der Waals surface area contributed by atoms with Crippen molar-refractivity contribution in [2.75, 3.05) is 25.5 Å². The van der Waals surface area contributed by atoms with E-state index in [2.05, 4.69) is 5.32 Å². The number of methoxy groups -OCH3 is 1. The number of hydrogen-bond acceptors (Lipinski definition) is 6. The van der Waals surface area contributed by atoms with Crippen LogP contribution in [0.5, 0.6) is 0 Å². The van der Waals surface area contributed by atoms with Crippen molar-refractivity contribution in [2.24, 2.45) is 0 Å². The first-order chi connectivity index (χ1) is 12.1. The lowest BCUT2D eigenvalue weighted by molar-refractivity contribution is 0.0205. The third-order valence-electron chi connectivity index (χ3n) is 4.13. The van der Waals surface area contributed by atoms with E-state index < -0.39 is 5.60 Å². The SMILES string of the molecule is COC(=O)c1cc(C2CCN(C(=O)OC(C)(C)C)CC2)sc1NC(C)C. The third-order valence-corrected chi connectivity index (χ3v) is 5.35. The summed E-state index contributed by atoms with van der Waals surface area (Å²) in [5.74, 6) is 0.0200. The van der Waals surface area contributed by atoms with Gasteiger partial charge >= 0.3 is 12.1 Å². The number of esters is 1. The Hall–Kier alpha value is -1.76. The van der Waals surface area contributed by atoms with Crippen LogP contribution in [0.1, 0.15) is 68.6 Å². The number of carbonyl (C=O) groups is 2. The molecule has 1 aliphatic heterocycles. The Morgan fingerprint density at radius 1 is 1.27 bits per heavy atom. The van der Waals surface area contributed by atoms with Gasteiger partial charge in [0, 0.05) is 24.0 Å². The molecular weight excluding hydrogens is 352 g/mol. The van der Waals surface area contributed by atoms with Crippen LogP contribution in [-0.2, 0) is 9.47 Å². The van der Waals surface area contributed by atoms with Gasteiger partial charge in [0.2, 0.25) is 0 Å². The number of hydrogen-bond donors (Lipinski definition) is 1. The lowest BCUT2D eigenvalue weighted by Crippen LogP contribution is -2.41. The molecule has 0 aromatic carbocycles. The standard InChI is InChI=1S/C19H30N2O4S/c1-12(2)20-16-14(17(22)24-6)11-15(26-16)13-7-9-21(10-8-13)18(23)25-19(3,4)5/h11-13,20H,7-10H2,1-6H3. The topological polar surface area (TPSA) is 67.9 Å². The molecule has 1 aromatic heterocycles. The molecule has 1 N–H and O–H groups in total. The molecule has 1 aromatic rings. The molecule has 0 unspecified atom stereocenters. The normalized spacial score (nSPS) is 15.9. The van der Waals surface area contributed by atoms with Crippen molar-refractivity contribution in [3.05, 3.63) is 16.5 Å². The monoisotopic (exact) mass is 382 g/mol. The van der Waals surface area contributed by atoms with Crippen molar-refractivity contribution in [1.29, 1.82) is 0 Å². The Bertz CT molecular complexity index is 640. The zero-order valence-corrected chi connectivity index (χ0v) is 17.4. The average molecular weight is 383 g/mol. The minimum atomic E-state index is -0.478. The van der Waals surface area contributed by atoms with E-state index in [1.54, 1.807) is 16.2 Å². The van der Waals surface area contributed by atoms with Crippen molar-refractivity contribution < 1.29 is 19.1 Å². The molecule has 7 heteroatoms. The molecule has 2 rings (SSSR count). The number of nitrogens with one attached hydrogen (secondary N) is 1. The maximum atomic E-state index is 12.2. The summed E-state index contributed by atoms with van der Waals surface area (Å²) >= 11 is 1.61. The maximum Gasteiger partial charge on any atom is 0.410 e. The predicted molar refractivity (Wildman–Crippen MR) is 104 cm³/mol. The molecule has 6 nitrogen and oxygen atoms in total. The average Bonchev–Trinajstić information content (AvgIpc) is 2.95. The molecule has 1 saturated heterocycles. The Balaban J connectivity index is 2.06. The summed E-state index contributed by atoms with van der Waals surface area (Å²) in [4.78, 5) is 27.2. The van der Waals surface area contributed by atoms with E-state index in [0.717, 1.165) is 22.7 Å². The van der Waals surface area contributed by atoms with Crippen LogP contribution in [0.25, 0.3) is 0 Å². The van der Waals surface area contributed by atoms with Crippen LogP contribution in [0.4, 0.5) is 9.80 Å². The molecule has 26 heavy (non-hydrogen) atoms. The molecule has 0 radical (unpaired) electrons. The number of ether oxygens (including phenoxy) is 2. The van der Waals surface area contributed by atoms with Gasteiger partial charge in [0.05, 0.1) is 12.7 Å². The zero-order valence-electron chi connectivity index (χ0n) is 16.5. The molecule has 0 bridgehead atoms. The van der Waals surface area contributed by atoms with Crippen molar-refractivity contribution in [3.63, 3.8) is 0 Å². The number of nitrogens with zero attached hydrogens (tertiary/aromatic N) is 1. The number of carbonyl (C=O) groups excluding carboxylic acids is 2. The van der Waals surface area contributed by atoms with Crippen molar-refractivity contribution in [2.45, 2.75) is 65.0 Å². The number of rotatable bonds is 4. The second kappa shape index (κ2) is 8.29. The summed E-state index contributed by atoms with van der Waals surface area (Å²) in [6.07, 6.45) is 1.47. The number of piperidine rings is 1. The van der Waals surface area contributed by atoms with Gasteiger partial charge in [-0.2, -0.15) is 0 Å². The molecule has 1 fully saturated rings. The highest BCUT2D eigenvalue weighted by Crippen LogP contribution is 2.38. The molecule has 0 saturated carbocycles. The van der Waals surface area contributed by atoms with Crippen LogP contribution in [-0.4, -0.2) is 48.8 Å². The van der Waals surface area contributed by atoms with Gasteiger partial charge in [-0.3, -0.25) is 0 Å². The Morgan fingerprint density at radius 2 is 1.88 bits per heavy atom. The van der Waals surface area contributed by atoms with Crippen molar-refractivity contribution in [3.8, 4) is 0 Å². The Morgan fingerprint density at radius 3 is 2.38 bits per heavy atom. The molecular formula is C19H30N2O4S. The van der Waals surface area contributed by atoms with Crippen LogP contribution in [0, 0.1) is 0 Å². The van der Waals surface area contributed by atoms with Crippen LogP contribution in [0.2, 0.25) is 0 Å². The van der Waals surface area contributed by atoms with Gasteiger partial charge in [0.15, 0.2) is 0 Å². The van der Waals surface area contributed by atoms with E-state index in [9.17, 15) is 9.59 Å². The van der Waals surface area contributed by atoms with Crippen LogP contribution in [0.15, 0.2) is 6.07 Å². The number of thiophene rings is 1. The van der Waals surface area contributed by atoms with Crippen molar-refractivity contribution >= 4 is 28.4 Å². The fourth-order valence-electron chi connectivity index (χ4n) is 2.92. The van der Waals surface area contributed by atoms with Gasteiger partial charge in [-0.15, -0.1) is 11.3 Å². The smallest absolute Gasteiger partial charge is 0.410 e. The summed E-state index contributed by atoms with van der Waals surface area (Å²) in [5, 5.41) is 4.19. The van der Waals surface area contributed by atoms with Gasteiger partial charge in [-0.25, -0.2) is 9.59 Å². The van der Waals surface area contributed by atoms with Crippen LogP contribution in [0.3, 0.4) is 0 Å². The first-order valence-corrected chi connectivity index (χ1v) is 9.89. The molecule has 1 amide bonds.